The van der Waals surface area contributed by atoms with Crippen LogP contribution < -0.4 is 25.8 Å². The summed E-state index contributed by atoms with van der Waals surface area (Å²) in [6.07, 6.45) is 7.95. The molecule has 2 aliphatic rings. The molecule has 1 aliphatic carbocycles. The van der Waals surface area contributed by atoms with Crippen LogP contribution in [0, 0.1) is 0 Å². The highest BCUT2D eigenvalue weighted by Crippen LogP contribution is 2.38. The molecule has 0 unspecified atom stereocenters. The summed E-state index contributed by atoms with van der Waals surface area (Å²) in [5.74, 6) is 2.25. The predicted octanol–water partition coefficient (Wildman–Crippen LogP) is 4.86. The molecule has 37 heavy (non-hydrogen) atoms. The number of hydrogen-bond acceptors (Lipinski definition) is 6. The van der Waals surface area contributed by atoms with E-state index in [9.17, 15) is 4.79 Å². The SMILES string of the molecule is NCc1cccc(CNC(=O)c2ccn3c(NC4CCCCC4)c(-c4ccc5c(c4)OCO5)nc3c2)c1. The van der Waals surface area contributed by atoms with Crippen molar-refractivity contribution in [2.24, 2.45) is 5.73 Å². The van der Waals surface area contributed by atoms with Crippen LogP contribution in [0.25, 0.3) is 16.9 Å². The van der Waals surface area contributed by atoms with Crippen LogP contribution in [0.1, 0.15) is 53.6 Å². The molecule has 3 heterocycles. The summed E-state index contributed by atoms with van der Waals surface area (Å²) in [6, 6.07) is 17.9. The van der Waals surface area contributed by atoms with Gasteiger partial charge in [0.15, 0.2) is 11.5 Å². The van der Waals surface area contributed by atoms with Crippen molar-refractivity contribution in [1.29, 1.82) is 0 Å². The van der Waals surface area contributed by atoms with Gasteiger partial charge in [-0.05, 0) is 54.3 Å². The largest absolute Gasteiger partial charge is 0.454 e. The number of amides is 1. The predicted molar refractivity (Wildman–Crippen MR) is 143 cm³/mol. The van der Waals surface area contributed by atoms with Gasteiger partial charge in [-0.3, -0.25) is 9.20 Å². The van der Waals surface area contributed by atoms with Gasteiger partial charge in [0.05, 0.1) is 0 Å². The lowest BCUT2D eigenvalue weighted by Crippen LogP contribution is -2.24. The highest BCUT2D eigenvalue weighted by atomic mass is 16.7. The Morgan fingerprint density at radius 3 is 2.70 bits per heavy atom. The van der Waals surface area contributed by atoms with Crippen LogP contribution >= 0.6 is 0 Å². The van der Waals surface area contributed by atoms with E-state index in [4.69, 9.17) is 20.2 Å². The zero-order valence-electron chi connectivity index (χ0n) is 20.7. The molecule has 0 radical (unpaired) electrons. The first-order chi connectivity index (χ1) is 18.2. The molecule has 8 heteroatoms. The summed E-state index contributed by atoms with van der Waals surface area (Å²) in [4.78, 5) is 18.0. The van der Waals surface area contributed by atoms with Gasteiger partial charge in [-0.25, -0.2) is 4.98 Å². The number of imidazole rings is 1. The van der Waals surface area contributed by atoms with Gasteiger partial charge in [0.1, 0.15) is 17.2 Å². The second-order valence-corrected chi connectivity index (χ2v) is 9.71. The Morgan fingerprint density at radius 1 is 1.00 bits per heavy atom. The number of aromatic nitrogens is 2. The molecule has 1 saturated carbocycles. The second-order valence-electron chi connectivity index (χ2n) is 9.71. The number of nitrogens with zero attached hydrogens (tertiary/aromatic N) is 2. The van der Waals surface area contributed by atoms with E-state index in [1.54, 1.807) is 0 Å². The summed E-state index contributed by atoms with van der Waals surface area (Å²) in [5.41, 5.74) is 10.9. The van der Waals surface area contributed by atoms with Crippen molar-refractivity contribution in [2.45, 2.75) is 51.2 Å². The first-order valence-corrected chi connectivity index (χ1v) is 12.9. The molecule has 0 spiro atoms. The van der Waals surface area contributed by atoms with Crippen molar-refractivity contribution in [1.82, 2.24) is 14.7 Å². The summed E-state index contributed by atoms with van der Waals surface area (Å²) >= 11 is 0. The smallest absolute Gasteiger partial charge is 0.251 e. The van der Waals surface area contributed by atoms with Gasteiger partial charge in [0, 0.05) is 36.5 Å². The molecule has 0 bridgehead atoms. The van der Waals surface area contributed by atoms with Crippen molar-refractivity contribution in [2.75, 3.05) is 12.1 Å². The maximum absolute atomic E-state index is 13.0. The van der Waals surface area contributed by atoms with E-state index in [0.29, 0.717) is 30.3 Å². The van der Waals surface area contributed by atoms with E-state index in [0.717, 1.165) is 52.5 Å². The second kappa shape index (κ2) is 10.1. The summed E-state index contributed by atoms with van der Waals surface area (Å²) < 4.78 is 13.1. The van der Waals surface area contributed by atoms with Gasteiger partial charge in [-0.1, -0.05) is 43.5 Å². The molecule has 0 saturated heterocycles. The van der Waals surface area contributed by atoms with Crippen molar-refractivity contribution >= 4 is 17.4 Å². The van der Waals surface area contributed by atoms with Crippen molar-refractivity contribution in [3.8, 4) is 22.8 Å². The third-order valence-corrected chi connectivity index (χ3v) is 7.16. The molecule has 2 aromatic heterocycles. The number of hydrogen-bond donors (Lipinski definition) is 3. The first-order valence-electron chi connectivity index (χ1n) is 12.9. The molecule has 1 aliphatic heterocycles. The van der Waals surface area contributed by atoms with E-state index in [1.165, 1.54) is 19.3 Å². The molecular weight excluding hydrogens is 466 g/mol. The summed E-state index contributed by atoms with van der Waals surface area (Å²) in [6.45, 7) is 1.14. The van der Waals surface area contributed by atoms with Crippen LogP contribution in [0.5, 0.6) is 11.5 Å². The van der Waals surface area contributed by atoms with Crippen molar-refractivity contribution < 1.29 is 14.3 Å². The van der Waals surface area contributed by atoms with E-state index in [-0.39, 0.29) is 12.7 Å². The number of ether oxygens (including phenoxy) is 2. The maximum Gasteiger partial charge on any atom is 0.251 e. The van der Waals surface area contributed by atoms with Gasteiger partial charge in [-0.2, -0.15) is 0 Å². The minimum Gasteiger partial charge on any atom is -0.454 e. The minimum absolute atomic E-state index is 0.143. The molecular formula is C29H31N5O3. The van der Waals surface area contributed by atoms with Crippen LogP contribution in [0.15, 0.2) is 60.8 Å². The Morgan fingerprint density at radius 2 is 1.84 bits per heavy atom. The molecule has 6 rings (SSSR count). The zero-order valence-corrected chi connectivity index (χ0v) is 20.7. The molecule has 0 atom stereocenters. The van der Waals surface area contributed by atoms with E-state index >= 15 is 0 Å². The Labute approximate surface area is 215 Å². The quantitative estimate of drug-likeness (QED) is 0.337. The molecule has 8 nitrogen and oxygen atoms in total. The first kappa shape index (κ1) is 23.4. The Bertz CT molecular complexity index is 1440. The minimum atomic E-state index is -0.143. The third kappa shape index (κ3) is 4.84. The number of carbonyl (C=O) groups excluding carboxylic acids is 1. The Kier molecular flexibility index (Phi) is 6.40. The van der Waals surface area contributed by atoms with Gasteiger partial charge in [0.2, 0.25) is 6.79 Å². The van der Waals surface area contributed by atoms with Crippen molar-refractivity contribution in [3.63, 3.8) is 0 Å². The Balaban J connectivity index is 1.31. The lowest BCUT2D eigenvalue weighted by atomic mass is 9.95. The number of benzene rings is 2. The fraction of sp³-hybridized carbons (Fsp3) is 0.310. The fourth-order valence-corrected chi connectivity index (χ4v) is 5.16. The standard InChI is InChI=1S/C29H31N5O3/c30-16-19-5-4-6-20(13-19)17-31-29(35)22-11-12-34-26(15-22)33-27(28(34)32-23-7-2-1-3-8-23)21-9-10-24-25(14-21)37-18-36-24/h4-6,9-15,23,32H,1-3,7-8,16-18,30H2,(H,31,35). The van der Waals surface area contributed by atoms with E-state index in [2.05, 4.69) is 10.6 Å². The average molecular weight is 498 g/mol. The lowest BCUT2D eigenvalue weighted by Gasteiger charge is -2.24. The van der Waals surface area contributed by atoms with Gasteiger partial charge >= 0.3 is 0 Å². The summed E-state index contributed by atoms with van der Waals surface area (Å²) in [5, 5.41) is 6.78. The van der Waals surface area contributed by atoms with Crippen LogP contribution in [-0.2, 0) is 13.1 Å². The maximum atomic E-state index is 13.0. The third-order valence-electron chi connectivity index (χ3n) is 7.16. The number of fused-ring (bicyclic) bond motifs is 2. The lowest BCUT2D eigenvalue weighted by molar-refractivity contribution is 0.0951. The van der Waals surface area contributed by atoms with Gasteiger partial charge in [-0.15, -0.1) is 0 Å². The van der Waals surface area contributed by atoms with Gasteiger partial charge in [0.25, 0.3) is 5.91 Å². The number of carbonyl (C=O) groups is 1. The van der Waals surface area contributed by atoms with Crippen LogP contribution in [-0.4, -0.2) is 28.1 Å². The monoisotopic (exact) mass is 497 g/mol. The highest BCUT2D eigenvalue weighted by Gasteiger charge is 2.22. The average Bonchev–Trinajstić information content (AvgIpc) is 3.56. The molecule has 2 aromatic carbocycles. The van der Waals surface area contributed by atoms with Crippen molar-refractivity contribution in [3.05, 3.63) is 77.5 Å². The normalized spacial score (nSPS) is 15.2. The fourth-order valence-electron chi connectivity index (χ4n) is 5.16. The Hall–Kier alpha value is -4.04. The number of nitrogens with one attached hydrogen (secondary N) is 2. The van der Waals surface area contributed by atoms with E-state index in [1.807, 2.05) is 65.2 Å². The zero-order chi connectivity index (χ0) is 25.2. The van der Waals surface area contributed by atoms with Gasteiger partial charge < -0.3 is 25.8 Å². The molecule has 190 valence electrons. The highest BCUT2D eigenvalue weighted by molar-refractivity contribution is 5.95. The molecule has 4 N–H and O–H groups in total. The van der Waals surface area contributed by atoms with Crippen LogP contribution in [0.2, 0.25) is 0 Å². The summed E-state index contributed by atoms with van der Waals surface area (Å²) in [7, 11) is 0. The number of nitrogens with two attached hydrogens (primary N) is 1. The van der Waals surface area contributed by atoms with E-state index < -0.39 is 0 Å². The number of anilines is 1. The molecule has 4 aromatic rings. The number of rotatable bonds is 7. The van der Waals surface area contributed by atoms with Crippen LogP contribution in [0.3, 0.4) is 0 Å². The topological polar surface area (TPSA) is 103 Å². The molecule has 1 amide bonds. The van der Waals surface area contributed by atoms with Crippen LogP contribution in [0.4, 0.5) is 5.82 Å². The number of pyridine rings is 1. The molecule has 1 fully saturated rings.